The summed E-state index contributed by atoms with van der Waals surface area (Å²) in [7, 11) is 0. The summed E-state index contributed by atoms with van der Waals surface area (Å²) in [4.78, 5) is 29.3. The van der Waals surface area contributed by atoms with Crippen molar-refractivity contribution in [3.63, 3.8) is 0 Å². The van der Waals surface area contributed by atoms with Gasteiger partial charge in [0.25, 0.3) is 5.91 Å². The molecule has 0 bridgehead atoms. The Morgan fingerprint density at radius 1 is 1.45 bits per heavy atom. The summed E-state index contributed by atoms with van der Waals surface area (Å²) in [6, 6.07) is 0. The molecule has 1 unspecified atom stereocenters. The van der Waals surface area contributed by atoms with E-state index in [0.717, 1.165) is 11.3 Å². The molecule has 0 saturated carbocycles. The summed E-state index contributed by atoms with van der Waals surface area (Å²) in [5, 5.41) is 0. The van der Waals surface area contributed by atoms with Crippen LogP contribution in [0.4, 0.5) is 0 Å². The van der Waals surface area contributed by atoms with E-state index in [-0.39, 0.29) is 17.8 Å². The van der Waals surface area contributed by atoms with E-state index < -0.39 is 0 Å². The lowest BCUT2D eigenvalue weighted by molar-refractivity contribution is -0.0126. The number of carbonyl (C=O) groups excluding carboxylic acids is 2. The molecular formula is C15H22N2O3. The van der Waals surface area contributed by atoms with Gasteiger partial charge in [0.2, 0.25) is 0 Å². The maximum Gasteiger partial charge on any atom is 0.270 e. The number of carbonyl (C=O) groups is 2. The van der Waals surface area contributed by atoms with Crippen LogP contribution in [0.2, 0.25) is 0 Å². The van der Waals surface area contributed by atoms with Gasteiger partial charge in [-0.15, -0.1) is 0 Å². The van der Waals surface area contributed by atoms with Crippen LogP contribution >= 0.6 is 0 Å². The number of aryl methyl sites for hydroxylation is 1. The lowest BCUT2D eigenvalue weighted by Crippen LogP contribution is -2.44. The molecule has 1 atom stereocenters. The van der Waals surface area contributed by atoms with Crippen molar-refractivity contribution in [1.82, 2.24) is 9.88 Å². The summed E-state index contributed by atoms with van der Waals surface area (Å²) in [5.41, 5.74) is 2.83. The number of Topliss-reactive ketones (excluding diaryl/α,β-unsaturated/α-hetero) is 1. The minimum absolute atomic E-state index is 0.00463. The van der Waals surface area contributed by atoms with Gasteiger partial charge in [-0.05, 0) is 32.8 Å². The Morgan fingerprint density at radius 3 is 2.70 bits per heavy atom. The Morgan fingerprint density at radius 2 is 2.15 bits per heavy atom. The average molecular weight is 278 g/mol. The molecule has 110 valence electrons. The molecule has 1 aromatic heterocycles. The van der Waals surface area contributed by atoms with Crippen LogP contribution in [0.5, 0.6) is 0 Å². The smallest absolute Gasteiger partial charge is 0.270 e. The first-order valence-electron chi connectivity index (χ1n) is 7.08. The normalized spacial score (nSPS) is 19.2. The van der Waals surface area contributed by atoms with Crippen molar-refractivity contribution in [2.24, 2.45) is 0 Å². The van der Waals surface area contributed by atoms with Crippen LogP contribution in [0.15, 0.2) is 0 Å². The number of rotatable bonds is 3. The van der Waals surface area contributed by atoms with Crippen LogP contribution in [0.3, 0.4) is 0 Å². The number of morpholine rings is 1. The van der Waals surface area contributed by atoms with Gasteiger partial charge in [0.1, 0.15) is 5.69 Å². The highest BCUT2D eigenvalue weighted by atomic mass is 16.5. The van der Waals surface area contributed by atoms with Gasteiger partial charge in [-0.2, -0.15) is 0 Å². The van der Waals surface area contributed by atoms with Crippen molar-refractivity contribution in [2.75, 3.05) is 19.7 Å². The molecule has 0 spiro atoms. The maximum absolute atomic E-state index is 12.6. The Balaban J connectivity index is 2.34. The number of hydrogen-bond donors (Lipinski definition) is 1. The summed E-state index contributed by atoms with van der Waals surface area (Å²) in [5.74, 6) is -0.0300. The van der Waals surface area contributed by atoms with Crippen molar-refractivity contribution < 1.29 is 14.3 Å². The lowest BCUT2D eigenvalue weighted by atomic mass is 10.0. The highest BCUT2D eigenvalue weighted by molar-refractivity contribution is 6.02. The van der Waals surface area contributed by atoms with Crippen LogP contribution in [0.1, 0.15) is 52.9 Å². The van der Waals surface area contributed by atoms with Gasteiger partial charge in [0.05, 0.1) is 12.7 Å². The quantitative estimate of drug-likeness (QED) is 0.860. The Labute approximate surface area is 119 Å². The molecule has 2 rings (SSSR count). The van der Waals surface area contributed by atoms with Gasteiger partial charge in [0, 0.05) is 24.3 Å². The van der Waals surface area contributed by atoms with Crippen LogP contribution < -0.4 is 0 Å². The highest BCUT2D eigenvalue weighted by Gasteiger charge is 2.27. The molecule has 2 heterocycles. The number of nitrogens with one attached hydrogen (secondary N) is 1. The van der Waals surface area contributed by atoms with E-state index in [4.69, 9.17) is 4.74 Å². The molecule has 1 N–H and O–H groups in total. The van der Waals surface area contributed by atoms with Crippen molar-refractivity contribution in [1.29, 1.82) is 0 Å². The third-order valence-electron chi connectivity index (χ3n) is 3.74. The van der Waals surface area contributed by atoms with E-state index >= 15 is 0 Å². The van der Waals surface area contributed by atoms with Crippen molar-refractivity contribution in [3.8, 4) is 0 Å². The van der Waals surface area contributed by atoms with Gasteiger partial charge >= 0.3 is 0 Å². The SMILES string of the molecule is CCc1c(C(=O)N2CCOC(C)C2)[nH]c(C)c1C(C)=O. The maximum atomic E-state index is 12.6. The van der Waals surface area contributed by atoms with Gasteiger partial charge < -0.3 is 14.6 Å². The fraction of sp³-hybridized carbons (Fsp3) is 0.600. The molecule has 1 aliphatic heterocycles. The van der Waals surface area contributed by atoms with Gasteiger partial charge in [-0.3, -0.25) is 9.59 Å². The summed E-state index contributed by atoms with van der Waals surface area (Å²) in [6.45, 7) is 9.06. The van der Waals surface area contributed by atoms with Crippen molar-refractivity contribution in [3.05, 3.63) is 22.5 Å². The molecular weight excluding hydrogens is 256 g/mol. The Kier molecular flexibility index (Phi) is 4.28. The van der Waals surface area contributed by atoms with E-state index in [2.05, 4.69) is 4.98 Å². The summed E-state index contributed by atoms with van der Waals surface area (Å²) < 4.78 is 5.46. The van der Waals surface area contributed by atoms with E-state index in [1.54, 1.807) is 11.8 Å². The van der Waals surface area contributed by atoms with Crippen LogP contribution in [-0.4, -0.2) is 47.4 Å². The summed E-state index contributed by atoms with van der Waals surface area (Å²) in [6.07, 6.45) is 0.723. The first-order valence-corrected chi connectivity index (χ1v) is 7.08. The second kappa shape index (κ2) is 5.79. The fourth-order valence-electron chi connectivity index (χ4n) is 2.85. The molecule has 1 fully saturated rings. The second-order valence-corrected chi connectivity index (χ2v) is 5.32. The molecule has 1 aliphatic rings. The lowest BCUT2D eigenvalue weighted by Gasteiger charge is -2.31. The van der Waals surface area contributed by atoms with Gasteiger partial charge in [0.15, 0.2) is 5.78 Å². The molecule has 5 heteroatoms. The number of aromatic nitrogens is 1. The second-order valence-electron chi connectivity index (χ2n) is 5.32. The molecule has 1 amide bonds. The topological polar surface area (TPSA) is 62.4 Å². The highest BCUT2D eigenvalue weighted by Crippen LogP contribution is 2.22. The van der Waals surface area contributed by atoms with E-state index in [0.29, 0.717) is 37.4 Å². The largest absolute Gasteiger partial charge is 0.375 e. The van der Waals surface area contributed by atoms with E-state index in [1.807, 2.05) is 20.8 Å². The Hall–Kier alpha value is -1.62. The number of H-pyrrole nitrogens is 1. The van der Waals surface area contributed by atoms with Crippen LogP contribution in [0, 0.1) is 6.92 Å². The molecule has 0 aromatic carbocycles. The Bertz CT molecular complexity index is 533. The van der Waals surface area contributed by atoms with Crippen molar-refractivity contribution in [2.45, 2.75) is 40.2 Å². The number of nitrogens with zero attached hydrogens (tertiary/aromatic N) is 1. The number of hydrogen-bond acceptors (Lipinski definition) is 3. The molecule has 1 aromatic rings. The minimum Gasteiger partial charge on any atom is -0.375 e. The van der Waals surface area contributed by atoms with Crippen molar-refractivity contribution >= 4 is 11.7 Å². The monoisotopic (exact) mass is 278 g/mol. The zero-order chi connectivity index (χ0) is 14.9. The number of amides is 1. The van der Waals surface area contributed by atoms with E-state index in [1.165, 1.54) is 0 Å². The zero-order valence-corrected chi connectivity index (χ0v) is 12.6. The van der Waals surface area contributed by atoms with Crippen LogP contribution in [-0.2, 0) is 11.2 Å². The molecule has 1 saturated heterocycles. The average Bonchev–Trinajstić information content (AvgIpc) is 2.74. The molecule has 0 aliphatic carbocycles. The van der Waals surface area contributed by atoms with E-state index in [9.17, 15) is 9.59 Å². The summed E-state index contributed by atoms with van der Waals surface area (Å²) >= 11 is 0. The first-order chi connectivity index (χ1) is 9.45. The minimum atomic E-state index is -0.0346. The predicted molar refractivity (Wildman–Crippen MR) is 76.2 cm³/mol. The third-order valence-corrected chi connectivity index (χ3v) is 3.74. The van der Waals surface area contributed by atoms with Gasteiger partial charge in [-0.1, -0.05) is 6.92 Å². The zero-order valence-electron chi connectivity index (χ0n) is 12.6. The molecule has 20 heavy (non-hydrogen) atoms. The molecule has 5 nitrogen and oxygen atoms in total. The van der Waals surface area contributed by atoms with Gasteiger partial charge in [-0.25, -0.2) is 0 Å². The number of ketones is 1. The number of ether oxygens (including phenoxy) is 1. The third kappa shape index (κ3) is 2.63. The number of aromatic amines is 1. The standard InChI is InChI=1S/C15H22N2O3/c1-5-12-13(11(4)18)10(3)16-14(12)15(19)17-6-7-20-9(2)8-17/h9,16H,5-8H2,1-4H3. The predicted octanol–water partition coefficient (Wildman–Crippen LogP) is 1.95. The fourth-order valence-corrected chi connectivity index (χ4v) is 2.85. The van der Waals surface area contributed by atoms with Crippen LogP contribution in [0.25, 0.3) is 0 Å². The molecule has 0 radical (unpaired) electrons. The first kappa shape index (κ1) is 14.8.